The summed E-state index contributed by atoms with van der Waals surface area (Å²) in [7, 11) is -3.59. The number of rotatable bonds is 6. The van der Waals surface area contributed by atoms with Gasteiger partial charge in [0.25, 0.3) is 5.91 Å². The zero-order valence-corrected chi connectivity index (χ0v) is 19.4. The number of piperidine rings is 1. The average molecular weight is 458 g/mol. The number of carbonyl (C=O) groups excluding carboxylic acids is 1. The fourth-order valence-electron chi connectivity index (χ4n) is 4.19. The number of morpholine rings is 1. The summed E-state index contributed by atoms with van der Waals surface area (Å²) >= 11 is 0. The third kappa shape index (κ3) is 5.14. The first kappa shape index (κ1) is 22.8. The summed E-state index contributed by atoms with van der Waals surface area (Å²) in [6.45, 7) is 6.47. The molecule has 0 atom stereocenters. The topological polar surface area (TPSA) is 79.0 Å². The van der Waals surface area contributed by atoms with Crippen LogP contribution in [0.25, 0.3) is 0 Å². The third-order valence-corrected chi connectivity index (χ3v) is 8.19. The fourth-order valence-corrected chi connectivity index (χ4v) is 5.96. The Morgan fingerprint density at radius 1 is 0.969 bits per heavy atom. The summed E-state index contributed by atoms with van der Waals surface area (Å²) in [5.74, 6) is -0.280. The predicted molar refractivity (Wildman–Crippen MR) is 124 cm³/mol. The van der Waals surface area contributed by atoms with Crippen LogP contribution in [0.15, 0.2) is 47.4 Å². The molecular weight excluding hydrogens is 426 g/mol. The maximum Gasteiger partial charge on any atom is 0.251 e. The fraction of sp³-hybridized carbons (Fsp3) is 0.458. The Kier molecular flexibility index (Phi) is 7.13. The zero-order valence-electron chi connectivity index (χ0n) is 18.5. The van der Waals surface area contributed by atoms with Crippen LogP contribution in [0.5, 0.6) is 0 Å². The molecule has 8 heteroatoms. The molecule has 0 spiro atoms. The van der Waals surface area contributed by atoms with Crippen molar-refractivity contribution in [3.63, 3.8) is 0 Å². The van der Waals surface area contributed by atoms with E-state index in [0.717, 1.165) is 56.8 Å². The van der Waals surface area contributed by atoms with Crippen LogP contribution in [0, 0.1) is 6.92 Å². The lowest BCUT2D eigenvalue weighted by Gasteiger charge is -2.28. The van der Waals surface area contributed by atoms with E-state index in [0.29, 0.717) is 30.8 Å². The molecule has 172 valence electrons. The van der Waals surface area contributed by atoms with Gasteiger partial charge in [0.1, 0.15) is 0 Å². The van der Waals surface area contributed by atoms with Gasteiger partial charge in [-0.3, -0.25) is 4.79 Å². The smallest absolute Gasteiger partial charge is 0.251 e. The van der Waals surface area contributed by atoms with E-state index < -0.39 is 10.0 Å². The van der Waals surface area contributed by atoms with Crippen molar-refractivity contribution >= 4 is 21.6 Å². The number of nitrogens with one attached hydrogen (secondary N) is 1. The van der Waals surface area contributed by atoms with E-state index in [9.17, 15) is 13.2 Å². The molecule has 7 nitrogen and oxygen atoms in total. The number of hydrogen-bond acceptors (Lipinski definition) is 5. The Labute approximate surface area is 190 Å². The molecule has 0 saturated carbocycles. The molecule has 0 unspecified atom stereocenters. The molecule has 2 saturated heterocycles. The molecular formula is C24H31N3O4S. The summed E-state index contributed by atoms with van der Waals surface area (Å²) in [5.41, 5.74) is 3.15. The average Bonchev–Trinajstić information content (AvgIpc) is 2.84. The Hall–Kier alpha value is -2.42. The molecule has 1 amide bonds. The summed E-state index contributed by atoms with van der Waals surface area (Å²) in [6.07, 6.45) is 2.81. The quantitative estimate of drug-likeness (QED) is 0.722. The molecule has 2 aromatic carbocycles. The number of anilines is 1. The molecule has 2 aliphatic heterocycles. The van der Waals surface area contributed by atoms with Gasteiger partial charge in [-0.2, -0.15) is 4.31 Å². The summed E-state index contributed by atoms with van der Waals surface area (Å²) in [6, 6.07) is 13.0. The highest BCUT2D eigenvalue weighted by Gasteiger charge is 2.28. The van der Waals surface area contributed by atoms with E-state index in [-0.39, 0.29) is 10.8 Å². The second-order valence-corrected chi connectivity index (χ2v) is 10.3. The van der Waals surface area contributed by atoms with Gasteiger partial charge < -0.3 is 15.0 Å². The number of carbonyl (C=O) groups is 1. The van der Waals surface area contributed by atoms with Gasteiger partial charge >= 0.3 is 0 Å². The number of hydrogen-bond donors (Lipinski definition) is 1. The van der Waals surface area contributed by atoms with Crippen molar-refractivity contribution in [2.45, 2.75) is 37.6 Å². The van der Waals surface area contributed by atoms with Crippen LogP contribution in [0.4, 0.5) is 5.69 Å². The van der Waals surface area contributed by atoms with E-state index in [1.165, 1.54) is 10.4 Å². The number of nitrogens with zero attached hydrogens (tertiary/aromatic N) is 2. The Balaban J connectivity index is 1.42. The molecule has 2 aromatic rings. The van der Waals surface area contributed by atoms with Gasteiger partial charge in [0, 0.05) is 44.0 Å². The lowest BCUT2D eigenvalue weighted by Crippen LogP contribution is -2.36. The maximum atomic E-state index is 13.1. The molecule has 4 rings (SSSR count). The van der Waals surface area contributed by atoms with Crippen molar-refractivity contribution < 1.29 is 17.9 Å². The van der Waals surface area contributed by atoms with E-state index in [1.54, 1.807) is 19.1 Å². The molecule has 2 heterocycles. The highest BCUT2D eigenvalue weighted by molar-refractivity contribution is 7.89. The first-order chi connectivity index (χ1) is 15.4. The van der Waals surface area contributed by atoms with Gasteiger partial charge in [-0.1, -0.05) is 24.6 Å². The second-order valence-electron chi connectivity index (χ2n) is 8.39. The van der Waals surface area contributed by atoms with Gasteiger partial charge in [0.15, 0.2) is 0 Å². The lowest BCUT2D eigenvalue weighted by molar-refractivity contribution is 0.0950. The van der Waals surface area contributed by atoms with E-state index in [4.69, 9.17) is 4.74 Å². The standard InChI is InChI=1S/C24H31N3O4S/c1-19-5-8-21(17-23(19)32(29,30)27-11-3-2-4-12-27)24(28)25-18-20-6-9-22(10-7-20)26-13-15-31-16-14-26/h5-10,17H,2-4,11-16,18H2,1H3,(H,25,28). The highest BCUT2D eigenvalue weighted by Crippen LogP contribution is 2.24. The van der Waals surface area contributed by atoms with Crippen molar-refractivity contribution in [3.8, 4) is 0 Å². The van der Waals surface area contributed by atoms with Crippen LogP contribution in [0.1, 0.15) is 40.7 Å². The molecule has 0 radical (unpaired) electrons. The van der Waals surface area contributed by atoms with Gasteiger partial charge in [-0.25, -0.2) is 8.42 Å². The van der Waals surface area contributed by atoms with E-state index in [1.807, 2.05) is 12.1 Å². The van der Waals surface area contributed by atoms with Crippen molar-refractivity contribution in [2.75, 3.05) is 44.3 Å². The lowest BCUT2D eigenvalue weighted by atomic mass is 10.1. The number of benzene rings is 2. The molecule has 0 bridgehead atoms. The minimum Gasteiger partial charge on any atom is -0.378 e. The van der Waals surface area contributed by atoms with Crippen molar-refractivity contribution in [2.24, 2.45) is 0 Å². The third-order valence-electron chi connectivity index (χ3n) is 6.15. The van der Waals surface area contributed by atoms with Gasteiger partial charge in [-0.15, -0.1) is 0 Å². The van der Waals surface area contributed by atoms with Crippen LogP contribution in [-0.4, -0.2) is 58.0 Å². The van der Waals surface area contributed by atoms with Gasteiger partial charge in [-0.05, 0) is 55.2 Å². The van der Waals surface area contributed by atoms with Crippen molar-refractivity contribution in [1.82, 2.24) is 9.62 Å². The molecule has 0 aliphatic carbocycles. The molecule has 2 aliphatic rings. The first-order valence-corrected chi connectivity index (χ1v) is 12.7. The zero-order chi connectivity index (χ0) is 22.6. The largest absolute Gasteiger partial charge is 0.378 e. The summed E-state index contributed by atoms with van der Waals surface area (Å²) < 4.78 is 33.1. The normalized spacial score (nSPS) is 17.8. The monoisotopic (exact) mass is 457 g/mol. The van der Waals surface area contributed by atoms with Crippen LogP contribution in [0.2, 0.25) is 0 Å². The maximum absolute atomic E-state index is 13.1. The minimum atomic E-state index is -3.59. The summed E-state index contributed by atoms with van der Waals surface area (Å²) in [4.78, 5) is 15.3. The van der Waals surface area contributed by atoms with Crippen LogP contribution in [-0.2, 0) is 21.3 Å². The Bertz CT molecular complexity index is 1040. The molecule has 32 heavy (non-hydrogen) atoms. The SMILES string of the molecule is Cc1ccc(C(=O)NCc2ccc(N3CCOCC3)cc2)cc1S(=O)(=O)N1CCCCC1. The first-order valence-electron chi connectivity index (χ1n) is 11.3. The Morgan fingerprint density at radius 3 is 2.34 bits per heavy atom. The van der Waals surface area contributed by atoms with Crippen molar-refractivity contribution in [1.29, 1.82) is 0 Å². The van der Waals surface area contributed by atoms with E-state index in [2.05, 4.69) is 22.3 Å². The van der Waals surface area contributed by atoms with Gasteiger partial charge in [0.05, 0.1) is 18.1 Å². The predicted octanol–water partition coefficient (Wildman–Crippen LogP) is 2.94. The Morgan fingerprint density at radius 2 is 1.66 bits per heavy atom. The van der Waals surface area contributed by atoms with Crippen LogP contribution >= 0.6 is 0 Å². The van der Waals surface area contributed by atoms with Crippen LogP contribution in [0.3, 0.4) is 0 Å². The number of aryl methyl sites for hydroxylation is 1. The molecule has 1 N–H and O–H groups in total. The number of sulfonamides is 1. The minimum absolute atomic E-state index is 0.224. The number of amides is 1. The van der Waals surface area contributed by atoms with Crippen LogP contribution < -0.4 is 10.2 Å². The second kappa shape index (κ2) is 10.0. The molecule has 2 fully saturated rings. The summed E-state index contributed by atoms with van der Waals surface area (Å²) in [5, 5.41) is 2.91. The van der Waals surface area contributed by atoms with E-state index >= 15 is 0 Å². The van der Waals surface area contributed by atoms with Crippen molar-refractivity contribution in [3.05, 3.63) is 59.2 Å². The van der Waals surface area contributed by atoms with Gasteiger partial charge in [0.2, 0.25) is 10.0 Å². The number of ether oxygens (including phenoxy) is 1. The molecule has 0 aromatic heterocycles. The highest BCUT2D eigenvalue weighted by atomic mass is 32.2.